The molecule has 40 heavy (non-hydrogen) atoms. The SMILES string of the molecule is Cc1cc(N(CCC#N)CCC#N)ccc1/C=C(/NC(=O)/C=C/c1ccccc1)NC(=O)Nc1ccc(Cl)cc1. The van der Waals surface area contributed by atoms with Crippen LogP contribution in [0.2, 0.25) is 5.02 Å². The fourth-order valence-corrected chi connectivity index (χ4v) is 3.87. The van der Waals surface area contributed by atoms with E-state index in [4.69, 9.17) is 22.1 Å². The lowest BCUT2D eigenvalue weighted by Crippen LogP contribution is -2.36. The number of anilines is 2. The van der Waals surface area contributed by atoms with Crippen LogP contribution in [0.5, 0.6) is 0 Å². The van der Waals surface area contributed by atoms with Crippen LogP contribution < -0.4 is 20.9 Å². The van der Waals surface area contributed by atoms with E-state index in [2.05, 4.69) is 28.1 Å². The van der Waals surface area contributed by atoms with Crippen molar-refractivity contribution in [1.82, 2.24) is 10.6 Å². The molecule has 9 heteroatoms. The van der Waals surface area contributed by atoms with Gasteiger partial charge in [-0.2, -0.15) is 10.5 Å². The molecule has 0 aliphatic carbocycles. The summed E-state index contributed by atoms with van der Waals surface area (Å²) in [7, 11) is 0. The first-order valence-electron chi connectivity index (χ1n) is 12.6. The Labute approximate surface area is 239 Å². The monoisotopic (exact) mass is 552 g/mol. The highest BCUT2D eigenvalue weighted by Gasteiger charge is 2.11. The minimum Gasteiger partial charge on any atom is -0.369 e. The molecule has 0 spiro atoms. The van der Waals surface area contributed by atoms with E-state index in [0.29, 0.717) is 36.6 Å². The van der Waals surface area contributed by atoms with Crippen LogP contribution in [0.1, 0.15) is 29.5 Å². The molecule has 0 unspecified atom stereocenters. The molecule has 0 aliphatic heterocycles. The predicted molar refractivity (Wildman–Crippen MR) is 159 cm³/mol. The summed E-state index contributed by atoms with van der Waals surface area (Å²) in [6, 6.07) is 25.5. The summed E-state index contributed by atoms with van der Waals surface area (Å²) in [6.07, 6.45) is 5.42. The largest absolute Gasteiger partial charge is 0.369 e. The zero-order valence-corrected chi connectivity index (χ0v) is 22.8. The van der Waals surface area contributed by atoms with Gasteiger partial charge < -0.3 is 15.5 Å². The van der Waals surface area contributed by atoms with Crippen molar-refractivity contribution in [3.05, 3.63) is 106 Å². The van der Waals surface area contributed by atoms with Crippen LogP contribution in [0.25, 0.3) is 12.2 Å². The Morgan fingerprint density at radius 1 is 0.925 bits per heavy atom. The minimum absolute atomic E-state index is 0.177. The standard InChI is InChI=1S/C31H29ClN6O2/c1-23-21-28(38(19-5-17-33)20-6-18-34)15-10-25(23)22-29(36-30(39)16-9-24-7-3-2-4-8-24)37-31(40)35-27-13-11-26(32)12-14-27/h2-4,7-16,21-22H,5-6,19-20H2,1H3,(H,36,39)(H2,35,37,40)/b16-9+,29-22-. The predicted octanol–water partition coefficient (Wildman–Crippen LogP) is 6.23. The summed E-state index contributed by atoms with van der Waals surface area (Å²) in [6.45, 7) is 2.92. The Bertz CT molecular complexity index is 1440. The molecule has 3 rings (SSSR count). The lowest BCUT2D eigenvalue weighted by atomic mass is 10.1. The van der Waals surface area contributed by atoms with Crippen LogP contribution >= 0.6 is 11.6 Å². The number of urea groups is 1. The number of aryl methyl sites for hydroxylation is 1. The molecule has 3 N–H and O–H groups in total. The average molecular weight is 553 g/mol. The highest BCUT2D eigenvalue weighted by molar-refractivity contribution is 6.30. The topological polar surface area (TPSA) is 121 Å². The summed E-state index contributed by atoms with van der Waals surface area (Å²) in [5.41, 5.74) is 3.92. The Balaban J connectivity index is 1.84. The minimum atomic E-state index is -0.547. The molecule has 0 heterocycles. The number of nitrogens with zero attached hydrogens (tertiary/aromatic N) is 3. The molecular weight excluding hydrogens is 524 g/mol. The van der Waals surface area contributed by atoms with E-state index in [9.17, 15) is 9.59 Å². The summed E-state index contributed by atoms with van der Waals surface area (Å²) < 4.78 is 0. The summed E-state index contributed by atoms with van der Waals surface area (Å²) >= 11 is 5.93. The van der Waals surface area contributed by atoms with Crippen molar-refractivity contribution in [3.63, 3.8) is 0 Å². The van der Waals surface area contributed by atoms with Gasteiger partial charge >= 0.3 is 6.03 Å². The smallest absolute Gasteiger partial charge is 0.324 e. The molecule has 3 amide bonds. The van der Waals surface area contributed by atoms with Crippen LogP contribution in [0.3, 0.4) is 0 Å². The van der Waals surface area contributed by atoms with Gasteiger partial charge in [0, 0.05) is 35.6 Å². The Morgan fingerprint density at radius 3 is 2.23 bits per heavy atom. The highest BCUT2D eigenvalue weighted by atomic mass is 35.5. The number of carbonyl (C=O) groups is 2. The number of rotatable bonds is 11. The molecule has 0 saturated heterocycles. The Hall–Kier alpha value is -5.05. The molecular formula is C31H29ClN6O2. The zero-order valence-electron chi connectivity index (χ0n) is 22.0. The molecule has 3 aromatic rings. The van der Waals surface area contributed by atoms with Gasteiger partial charge in [0.05, 0.1) is 25.0 Å². The van der Waals surface area contributed by atoms with Crippen LogP contribution in [-0.2, 0) is 4.79 Å². The fraction of sp³-hybridized carbons (Fsp3) is 0.161. The van der Waals surface area contributed by atoms with Gasteiger partial charge in [0.2, 0.25) is 5.91 Å². The number of benzene rings is 3. The second kappa shape index (κ2) is 15.4. The quantitative estimate of drug-likeness (QED) is 0.243. The third kappa shape index (κ3) is 9.68. The number of amides is 3. The zero-order chi connectivity index (χ0) is 28.7. The molecule has 0 aliphatic rings. The average Bonchev–Trinajstić information content (AvgIpc) is 2.95. The van der Waals surface area contributed by atoms with E-state index in [1.807, 2.05) is 60.4 Å². The van der Waals surface area contributed by atoms with E-state index in [0.717, 1.165) is 22.4 Å². The maximum absolute atomic E-state index is 12.8. The highest BCUT2D eigenvalue weighted by Crippen LogP contribution is 2.22. The molecule has 8 nitrogen and oxygen atoms in total. The fourth-order valence-electron chi connectivity index (χ4n) is 3.75. The molecule has 3 aromatic carbocycles. The molecule has 0 bridgehead atoms. The second-order valence-electron chi connectivity index (χ2n) is 8.72. The maximum Gasteiger partial charge on any atom is 0.324 e. The Kier molecular flexibility index (Phi) is 11.3. The van der Waals surface area contributed by atoms with Gasteiger partial charge in [-0.3, -0.25) is 10.1 Å². The molecule has 0 aromatic heterocycles. The van der Waals surface area contributed by atoms with E-state index in [1.165, 1.54) is 6.08 Å². The van der Waals surface area contributed by atoms with Crippen molar-refractivity contribution in [2.45, 2.75) is 19.8 Å². The van der Waals surface area contributed by atoms with Gasteiger partial charge in [0.1, 0.15) is 5.82 Å². The number of halogens is 1. The summed E-state index contributed by atoms with van der Waals surface area (Å²) in [4.78, 5) is 27.5. The number of carbonyl (C=O) groups excluding carboxylic acids is 2. The summed E-state index contributed by atoms with van der Waals surface area (Å²) in [5.74, 6) is -0.244. The van der Waals surface area contributed by atoms with Crippen LogP contribution in [0, 0.1) is 29.6 Å². The molecule has 0 saturated carbocycles. The first kappa shape index (κ1) is 29.5. The van der Waals surface area contributed by atoms with Gasteiger partial charge in [-0.25, -0.2) is 4.79 Å². The van der Waals surface area contributed by atoms with Gasteiger partial charge in [-0.15, -0.1) is 0 Å². The number of hydrogen-bond donors (Lipinski definition) is 3. The molecule has 0 radical (unpaired) electrons. The van der Waals surface area contributed by atoms with Crippen molar-refractivity contribution in [1.29, 1.82) is 10.5 Å². The van der Waals surface area contributed by atoms with Crippen molar-refractivity contribution in [3.8, 4) is 12.1 Å². The van der Waals surface area contributed by atoms with Gasteiger partial charge in [0.25, 0.3) is 0 Å². The van der Waals surface area contributed by atoms with Crippen molar-refractivity contribution >= 4 is 47.1 Å². The van der Waals surface area contributed by atoms with Crippen molar-refractivity contribution < 1.29 is 9.59 Å². The molecule has 202 valence electrons. The van der Waals surface area contributed by atoms with Gasteiger partial charge in [-0.05, 0) is 72.2 Å². The molecule has 0 atom stereocenters. The van der Waals surface area contributed by atoms with Crippen LogP contribution in [-0.4, -0.2) is 25.0 Å². The normalized spacial score (nSPS) is 10.8. The first-order valence-corrected chi connectivity index (χ1v) is 12.9. The number of hydrogen-bond acceptors (Lipinski definition) is 5. The lowest BCUT2D eigenvalue weighted by Gasteiger charge is -2.23. The number of nitriles is 2. The Morgan fingerprint density at radius 2 is 1.60 bits per heavy atom. The maximum atomic E-state index is 12.8. The van der Waals surface area contributed by atoms with Gasteiger partial charge in [-0.1, -0.05) is 48.0 Å². The molecule has 0 fully saturated rings. The first-order chi connectivity index (χ1) is 19.4. The van der Waals surface area contributed by atoms with E-state index in [1.54, 1.807) is 36.4 Å². The van der Waals surface area contributed by atoms with E-state index < -0.39 is 11.9 Å². The third-order valence-corrected chi connectivity index (χ3v) is 5.99. The third-order valence-electron chi connectivity index (χ3n) is 5.74. The van der Waals surface area contributed by atoms with Gasteiger partial charge in [0.15, 0.2) is 0 Å². The van der Waals surface area contributed by atoms with E-state index in [-0.39, 0.29) is 5.82 Å². The number of nitrogens with one attached hydrogen (secondary N) is 3. The van der Waals surface area contributed by atoms with Crippen LogP contribution in [0.15, 0.2) is 84.7 Å². The van der Waals surface area contributed by atoms with Crippen molar-refractivity contribution in [2.24, 2.45) is 0 Å². The summed E-state index contributed by atoms with van der Waals surface area (Å²) in [5, 5.41) is 26.7. The van der Waals surface area contributed by atoms with Crippen molar-refractivity contribution in [2.75, 3.05) is 23.3 Å². The lowest BCUT2D eigenvalue weighted by molar-refractivity contribution is -0.115. The van der Waals surface area contributed by atoms with Crippen LogP contribution in [0.4, 0.5) is 16.2 Å². The van der Waals surface area contributed by atoms with E-state index >= 15 is 0 Å². The second-order valence-corrected chi connectivity index (χ2v) is 9.16.